The van der Waals surface area contributed by atoms with Gasteiger partial charge in [0, 0.05) is 48.5 Å². The van der Waals surface area contributed by atoms with Crippen LogP contribution in [0, 0.1) is 0 Å². The fourth-order valence-electron chi connectivity index (χ4n) is 6.92. The molecule has 13 heteroatoms. The normalized spacial score (nSPS) is 32.0. The van der Waals surface area contributed by atoms with Crippen molar-refractivity contribution in [3.05, 3.63) is 51.6 Å². The van der Waals surface area contributed by atoms with Gasteiger partial charge in [0.15, 0.2) is 17.9 Å². The molecule has 0 amide bonds. The van der Waals surface area contributed by atoms with Crippen LogP contribution in [0.15, 0.2) is 18.2 Å². The van der Waals surface area contributed by atoms with Crippen molar-refractivity contribution < 1.29 is 58.9 Å². The summed E-state index contributed by atoms with van der Waals surface area (Å²) in [4.78, 5) is 41.8. The molecule has 4 aliphatic rings. The average Bonchev–Trinajstić information content (AvgIpc) is 2.99. The lowest BCUT2D eigenvalue weighted by Gasteiger charge is -2.47. The number of ether oxygens (including phenoxy) is 4. The number of carbonyl (C=O) groups is 3. The molecule has 2 aliphatic carbocycles. The van der Waals surface area contributed by atoms with Gasteiger partial charge in [-0.1, -0.05) is 12.1 Å². The van der Waals surface area contributed by atoms with Gasteiger partial charge in [-0.05, 0) is 19.9 Å². The Kier molecular flexibility index (Phi) is 7.77. The first-order chi connectivity index (χ1) is 20.9. The van der Waals surface area contributed by atoms with Gasteiger partial charge in [-0.3, -0.25) is 19.3 Å². The molecule has 0 radical (unpaired) electrons. The zero-order valence-corrected chi connectivity index (χ0v) is 24.5. The molecule has 2 saturated heterocycles. The smallest absolute Gasteiger partial charge is 0.202 e. The van der Waals surface area contributed by atoms with Crippen molar-refractivity contribution in [1.29, 1.82) is 0 Å². The number of aliphatic hydroxyl groups is 3. The van der Waals surface area contributed by atoms with Gasteiger partial charge in [0.05, 0.1) is 55.3 Å². The molecule has 2 fully saturated rings. The predicted octanol–water partition coefficient (Wildman–Crippen LogP) is 0.721. The van der Waals surface area contributed by atoms with E-state index in [2.05, 4.69) is 0 Å². The summed E-state index contributed by atoms with van der Waals surface area (Å²) in [5.41, 5.74) is -3.18. The van der Waals surface area contributed by atoms with Crippen LogP contribution in [0.3, 0.4) is 0 Å². The highest BCUT2D eigenvalue weighted by Gasteiger charge is 2.50. The number of morpholine rings is 1. The van der Waals surface area contributed by atoms with Crippen molar-refractivity contribution in [2.75, 3.05) is 26.9 Å². The summed E-state index contributed by atoms with van der Waals surface area (Å²) in [5.74, 6) is -3.27. The maximum atomic E-state index is 13.8. The molecule has 3 unspecified atom stereocenters. The van der Waals surface area contributed by atoms with Crippen LogP contribution in [0.5, 0.6) is 17.2 Å². The number of phenols is 2. The van der Waals surface area contributed by atoms with Gasteiger partial charge < -0.3 is 44.5 Å². The molecule has 2 aliphatic heterocycles. The van der Waals surface area contributed by atoms with Gasteiger partial charge in [-0.25, -0.2) is 0 Å². The highest BCUT2D eigenvalue weighted by atomic mass is 16.7. The minimum atomic E-state index is -2.04. The number of phenolic OH excluding ortho intramolecular Hbond substituents is 2. The number of Topliss-reactive ketones (excluding diaryl/α,β-unsaturated/α-hetero) is 1. The Morgan fingerprint density at radius 2 is 1.82 bits per heavy atom. The van der Waals surface area contributed by atoms with Gasteiger partial charge >= 0.3 is 0 Å². The van der Waals surface area contributed by atoms with Gasteiger partial charge in [-0.2, -0.15) is 0 Å². The number of aromatic hydroxyl groups is 2. The maximum Gasteiger partial charge on any atom is 0.202 e. The fourth-order valence-corrected chi connectivity index (χ4v) is 6.92. The van der Waals surface area contributed by atoms with Crippen LogP contribution in [0.25, 0.3) is 0 Å². The van der Waals surface area contributed by atoms with E-state index in [9.17, 15) is 39.9 Å². The van der Waals surface area contributed by atoms with Crippen LogP contribution < -0.4 is 4.74 Å². The maximum absolute atomic E-state index is 13.8. The van der Waals surface area contributed by atoms with E-state index < -0.39 is 88.9 Å². The molecule has 0 aromatic heterocycles. The number of rotatable bonds is 5. The topological polar surface area (TPSA) is 193 Å². The first kappa shape index (κ1) is 30.6. The first-order valence-corrected chi connectivity index (χ1v) is 14.5. The van der Waals surface area contributed by atoms with Crippen LogP contribution in [0.2, 0.25) is 0 Å². The molecule has 13 nitrogen and oxygen atoms in total. The van der Waals surface area contributed by atoms with E-state index in [4.69, 9.17) is 18.9 Å². The molecule has 236 valence electrons. The Labute approximate surface area is 252 Å². The van der Waals surface area contributed by atoms with Gasteiger partial charge in [0.1, 0.15) is 29.1 Å². The van der Waals surface area contributed by atoms with Crippen LogP contribution in [-0.4, -0.2) is 111 Å². The Bertz CT molecular complexity index is 1540. The van der Waals surface area contributed by atoms with E-state index in [-0.39, 0.29) is 47.5 Å². The lowest BCUT2D eigenvalue weighted by Crippen LogP contribution is -2.61. The van der Waals surface area contributed by atoms with Crippen molar-refractivity contribution in [3.63, 3.8) is 0 Å². The fraction of sp³-hybridized carbons (Fsp3) is 0.516. The van der Waals surface area contributed by atoms with Crippen LogP contribution >= 0.6 is 0 Å². The summed E-state index contributed by atoms with van der Waals surface area (Å²) in [7, 11) is 1.34. The second kappa shape index (κ2) is 11.2. The van der Waals surface area contributed by atoms with Crippen LogP contribution in [0.1, 0.15) is 75.8 Å². The Morgan fingerprint density at radius 1 is 1.09 bits per heavy atom. The summed E-state index contributed by atoms with van der Waals surface area (Å²) in [6, 6.07) is 3.83. The van der Waals surface area contributed by atoms with Crippen molar-refractivity contribution in [3.8, 4) is 17.2 Å². The highest BCUT2D eigenvalue weighted by molar-refractivity contribution is 6.31. The van der Waals surface area contributed by atoms with Gasteiger partial charge in [0.2, 0.25) is 5.78 Å². The van der Waals surface area contributed by atoms with E-state index >= 15 is 0 Å². The third kappa shape index (κ3) is 4.70. The summed E-state index contributed by atoms with van der Waals surface area (Å²) >= 11 is 0. The minimum Gasteiger partial charge on any atom is -0.507 e. The lowest BCUT2D eigenvalue weighted by molar-refractivity contribution is -0.269. The molecule has 0 saturated carbocycles. The molecule has 6 rings (SSSR count). The van der Waals surface area contributed by atoms with E-state index in [0.717, 1.165) is 0 Å². The first-order valence-electron chi connectivity index (χ1n) is 14.5. The summed E-state index contributed by atoms with van der Waals surface area (Å²) in [6.07, 6.45) is -5.79. The zero-order valence-electron chi connectivity index (χ0n) is 24.5. The second-order valence-corrected chi connectivity index (χ2v) is 11.8. The van der Waals surface area contributed by atoms with E-state index in [1.165, 1.54) is 32.2 Å². The third-order valence-corrected chi connectivity index (χ3v) is 9.29. The number of hydrogen-bond donors (Lipinski definition) is 5. The van der Waals surface area contributed by atoms with E-state index in [1.54, 1.807) is 11.8 Å². The molecule has 2 heterocycles. The van der Waals surface area contributed by atoms with Crippen molar-refractivity contribution in [2.45, 2.75) is 75.6 Å². The number of methoxy groups -OCH3 is 1. The predicted molar refractivity (Wildman–Crippen MR) is 150 cm³/mol. The molecule has 5 N–H and O–H groups in total. The van der Waals surface area contributed by atoms with E-state index in [1.807, 2.05) is 0 Å². The molecule has 44 heavy (non-hydrogen) atoms. The van der Waals surface area contributed by atoms with Crippen molar-refractivity contribution >= 4 is 17.3 Å². The monoisotopic (exact) mass is 613 g/mol. The molecule has 2 aromatic rings. The molecule has 0 spiro atoms. The second-order valence-electron chi connectivity index (χ2n) is 11.8. The number of hydrogen-bond acceptors (Lipinski definition) is 13. The summed E-state index contributed by atoms with van der Waals surface area (Å²) in [6.45, 7) is 3.57. The van der Waals surface area contributed by atoms with Crippen LogP contribution in [-0.2, 0) is 25.4 Å². The van der Waals surface area contributed by atoms with Crippen molar-refractivity contribution in [1.82, 2.24) is 4.90 Å². The van der Waals surface area contributed by atoms with Crippen LogP contribution in [0.4, 0.5) is 0 Å². The Hall–Kier alpha value is -3.43. The molecule has 7 atom stereocenters. The van der Waals surface area contributed by atoms with E-state index in [0.29, 0.717) is 13.2 Å². The molecule has 0 bridgehead atoms. The number of ketones is 3. The van der Waals surface area contributed by atoms with Gasteiger partial charge in [0.25, 0.3) is 0 Å². The summed E-state index contributed by atoms with van der Waals surface area (Å²) < 4.78 is 22.9. The molecule has 2 aromatic carbocycles. The molecular formula is C31H35NO12. The number of benzene rings is 2. The third-order valence-electron chi connectivity index (χ3n) is 9.29. The standard InChI is InChI=1S/C31H35NO12/c1-13-26(35)17(32-7-8-42-12-20(32)34)9-21(43-13)44-19-11-31(40,14(2)33)10-16-23(19)30(39)25-24(28(16)37)27(36)15-5-4-6-18(41-3)22(15)29(25)38/h4-6,13,17,19-21,26,34-35,37,39-40H,7-12H2,1-3H3/t13-,17?,19-,20?,21-,26?,31-/m0/s1. The average molecular weight is 614 g/mol. The largest absolute Gasteiger partial charge is 0.507 e. The quantitative estimate of drug-likeness (QED) is 0.253. The number of carbonyl (C=O) groups excluding carboxylic acids is 3. The highest BCUT2D eigenvalue weighted by Crippen LogP contribution is 2.52. The molecular weight excluding hydrogens is 578 g/mol. The van der Waals surface area contributed by atoms with Crippen molar-refractivity contribution in [2.24, 2.45) is 0 Å². The SMILES string of the molecule is COc1cccc2c1C(=O)c1c(O)c3c(c(O)c1C2=O)C[C@@](O)(C(C)=O)C[C@@H]3O[C@H]1CC(N2CCOCC2O)C(O)[C@H](C)O1. The number of aliphatic hydroxyl groups excluding tert-OH is 2. The van der Waals surface area contributed by atoms with Gasteiger partial charge in [-0.15, -0.1) is 0 Å². The minimum absolute atomic E-state index is 0.0265. The lowest BCUT2D eigenvalue weighted by atomic mass is 9.72. The zero-order chi connectivity index (χ0) is 31.7. The Balaban J connectivity index is 1.44. The Morgan fingerprint density at radius 3 is 2.50 bits per heavy atom. The number of fused-ring (bicyclic) bond motifs is 3. The number of nitrogens with zero attached hydrogens (tertiary/aromatic N) is 1. The summed E-state index contributed by atoms with van der Waals surface area (Å²) in [5, 5.41) is 56.0.